The molecule has 2 unspecified atom stereocenters. The fourth-order valence-electron chi connectivity index (χ4n) is 6.79. The van der Waals surface area contributed by atoms with Crippen molar-refractivity contribution in [1.82, 2.24) is 0 Å². The van der Waals surface area contributed by atoms with Crippen LogP contribution in [0.2, 0.25) is 0 Å². The lowest BCUT2D eigenvalue weighted by molar-refractivity contribution is -0.239. The molecular formula is C14H14Cl2O5. The number of hydrogen-bond donors (Lipinski definition) is 0. The molecule has 114 valence electrons. The van der Waals surface area contributed by atoms with E-state index >= 15 is 0 Å². The zero-order valence-corrected chi connectivity index (χ0v) is 12.9. The second-order valence-electron chi connectivity index (χ2n) is 6.83. The van der Waals surface area contributed by atoms with Crippen molar-refractivity contribution in [3.63, 3.8) is 0 Å². The minimum atomic E-state index is -1.30. The molecule has 5 fully saturated rings. The minimum Gasteiger partial charge on any atom is -0.464 e. The number of rotatable bonds is 4. The van der Waals surface area contributed by atoms with Gasteiger partial charge in [-0.2, -0.15) is 0 Å². The Morgan fingerprint density at radius 3 is 2.33 bits per heavy atom. The molecule has 21 heavy (non-hydrogen) atoms. The highest BCUT2D eigenvalue weighted by Gasteiger charge is 3.02. The number of alkyl halides is 2. The molecule has 0 aliphatic heterocycles. The molecule has 0 saturated heterocycles. The van der Waals surface area contributed by atoms with Crippen LogP contribution in [0.4, 0.5) is 0 Å². The fraction of sp³-hybridized carbons (Fsp3) is 0.857. The van der Waals surface area contributed by atoms with Gasteiger partial charge < -0.3 is 14.2 Å². The quantitative estimate of drug-likeness (QED) is 0.433. The Kier molecular flexibility index (Phi) is 2.05. The van der Waals surface area contributed by atoms with E-state index in [4.69, 9.17) is 37.4 Å². The third-order valence-electron chi connectivity index (χ3n) is 7.06. The molecule has 5 aliphatic carbocycles. The third-order valence-corrected chi connectivity index (χ3v) is 8.48. The Hall–Kier alpha value is -0.360. The first kappa shape index (κ1) is 13.1. The lowest BCUT2D eigenvalue weighted by atomic mass is 9.44. The molecule has 0 heterocycles. The smallest absolute Gasteiger partial charge is 0.293 e. The van der Waals surface area contributed by atoms with Gasteiger partial charge in [0.1, 0.15) is 11.0 Å². The zero-order valence-electron chi connectivity index (χ0n) is 11.4. The van der Waals surface area contributed by atoms with Gasteiger partial charge in [0.15, 0.2) is 10.7 Å². The highest BCUT2D eigenvalue weighted by Crippen LogP contribution is 2.90. The van der Waals surface area contributed by atoms with Crippen LogP contribution in [-0.2, 0) is 23.8 Å². The Morgan fingerprint density at radius 2 is 1.76 bits per heavy atom. The third kappa shape index (κ3) is 0.814. The van der Waals surface area contributed by atoms with Crippen molar-refractivity contribution in [3.8, 4) is 0 Å². The van der Waals surface area contributed by atoms with Crippen LogP contribution in [0.3, 0.4) is 0 Å². The Balaban J connectivity index is 1.75. The van der Waals surface area contributed by atoms with Crippen LogP contribution in [0.5, 0.6) is 0 Å². The van der Waals surface area contributed by atoms with Gasteiger partial charge in [-0.3, -0.25) is 9.59 Å². The van der Waals surface area contributed by atoms with E-state index in [-0.39, 0.29) is 35.6 Å². The molecule has 0 N–H and O–H groups in total. The lowest BCUT2D eigenvalue weighted by Crippen LogP contribution is -2.67. The predicted octanol–water partition coefficient (Wildman–Crippen LogP) is 0.807. The molecule has 5 saturated carbocycles. The first-order valence-corrected chi connectivity index (χ1v) is 7.84. The van der Waals surface area contributed by atoms with E-state index in [0.717, 1.165) is 0 Å². The monoisotopic (exact) mass is 332 g/mol. The minimum absolute atomic E-state index is 0.0424. The van der Waals surface area contributed by atoms with E-state index in [0.29, 0.717) is 12.4 Å². The molecule has 0 spiro atoms. The summed E-state index contributed by atoms with van der Waals surface area (Å²) in [6, 6.07) is 0. The number of ether oxygens (including phenoxy) is 3. The highest BCUT2D eigenvalue weighted by atomic mass is 35.5. The zero-order chi connectivity index (χ0) is 14.9. The summed E-state index contributed by atoms with van der Waals surface area (Å²) in [6.45, 7) is 0.462. The molecule has 5 nitrogen and oxygen atoms in total. The van der Waals surface area contributed by atoms with Gasteiger partial charge >= 0.3 is 0 Å². The molecule has 0 amide bonds. The molecule has 5 aliphatic rings. The second-order valence-corrected chi connectivity index (χ2v) is 8.05. The van der Waals surface area contributed by atoms with Gasteiger partial charge in [-0.25, -0.2) is 0 Å². The maximum absolute atomic E-state index is 13.0. The standard InChI is InChI=1S/C14H14Cl2O5/c1-19-14(20-2)12(15)7-4-5-8(7)13(14,16)11(18)9(12)6(4)10(5)21-3-17/h3-10H,1-2H3/t4-,5-,6+,7-,8?,9-,10?,12+,13-/m0/s1. The van der Waals surface area contributed by atoms with Crippen LogP contribution >= 0.6 is 23.2 Å². The van der Waals surface area contributed by atoms with Crippen LogP contribution in [0, 0.1) is 35.5 Å². The highest BCUT2D eigenvalue weighted by molar-refractivity contribution is 6.44. The summed E-state index contributed by atoms with van der Waals surface area (Å²) in [6.07, 6.45) is -0.240. The van der Waals surface area contributed by atoms with Crippen LogP contribution in [0.1, 0.15) is 0 Å². The van der Waals surface area contributed by atoms with Crippen molar-refractivity contribution in [2.24, 2.45) is 35.5 Å². The van der Waals surface area contributed by atoms with Crippen molar-refractivity contribution in [3.05, 3.63) is 0 Å². The molecule has 7 heteroatoms. The van der Waals surface area contributed by atoms with Gasteiger partial charge in [0.2, 0.25) is 5.79 Å². The summed E-state index contributed by atoms with van der Waals surface area (Å²) in [5.74, 6) is -1.56. The summed E-state index contributed by atoms with van der Waals surface area (Å²) in [5.41, 5.74) is 0. The van der Waals surface area contributed by atoms with E-state index in [1.807, 2.05) is 0 Å². The van der Waals surface area contributed by atoms with E-state index in [2.05, 4.69) is 0 Å². The molecule has 2 bridgehead atoms. The first-order chi connectivity index (χ1) is 9.97. The Labute approximate surface area is 131 Å². The van der Waals surface area contributed by atoms with Gasteiger partial charge in [-0.05, 0) is 11.8 Å². The van der Waals surface area contributed by atoms with Crippen molar-refractivity contribution in [2.45, 2.75) is 21.6 Å². The number of hydrogen-bond acceptors (Lipinski definition) is 5. The molecule has 5 rings (SSSR count). The van der Waals surface area contributed by atoms with Crippen LogP contribution in [-0.4, -0.2) is 48.1 Å². The normalized spacial score (nSPS) is 63.2. The van der Waals surface area contributed by atoms with Gasteiger partial charge in [-0.1, -0.05) is 0 Å². The molecule has 9 atom stereocenters. The van der Waals surface area contributed by atoms with Crippen LogP contribution in [0.15, 0.2) is 0 Å². The maximum atomic E-state index is 13.0. The topological polar surface area (TPSA) is 61.8 Å². The number of fused-ring (bicyclic) bond motifs is 4. The molecule has 0 aromatic rings. The fourth-order valence-corrected chi connectivity index (χ4v) is 8.38. The van der Waals surface area contributed by atoms with Gasteiger partial charge in [0.25, 0.3) is 6.47 Å². The maximum Gasteiger partial charge on any atom is 0.293 e. The van der Waals surface area contributed by atoms with Crippen molar-refractivity contribution >= 4 is 35.5 Å². The van der Waals surface area contributed by atoms with E-state index < -0.39 is 21.5 Å². The Bertz CT molecular complexity index is 592. The SMILES string of the molecule is COC1(OC)[C@]2(Cl)[C@@H]3C(=O)[C@@]1(Cl)C1[C@H]4C(OC=O)[C@@H]3[C@H]4[C@@H]12. The number of halogens is 2. The average molecular weight is 333 g/mol. The largest absolute Gasteiger partial charge is 0.464 e. The number of carbonyl (C=O) groups excluding carboxylic acids is 2. The van der Waals surface area contributed by atoms with Crippen molar-refractivity contribution < 1.29 is 23.8 Å². The summed E-state index contributed by atoms with van der Waals surface area (Å²) < 4.78 is 16.5. The summed E-state index contributed by atoms with van der Waals surface area (Å²) >= 11 is 13.8. The Morgan fingerprint density at radius 1 is 1.10 bits per heavy atom. The summed E-state index contributed by atoms with van der Waals surface area (Å²) in [7, 11) is 2.98. The lowest BCUT2D eigenvalue weighted by Gasteiger charge is -2.62. The number of ketones is 1. The molecule has 0 aromatic heterocycles. The van der Waals surface area contributed by atoms with Crippen LogP contribution < -0.4 is 0 Å². The summed E-state index contributed by atoms with van der Waals surface area (Å²) in [5, 5.41) is 0. The van der Waals surface area contributed by atoms with Crippen molar-refractivity contribution in [2.75, 3.05) is 14.2 Å². The van der Waals surface area contributed by atoms with Crippen molar-refractivity contribution in [1.29, 1.82) is 0 Å². The van der Waals surface area contributed by atoms with Gasteiger partial charge in [0.05, 0.1) is 5.92 Å². The molecule has 0 radical (unpaired) electrons. The predicted molar refractivity (Wildman–Crippen MR) is 70.8 cm³/mol. The number of carbonyl (C=O) groups is 2. The number of Topliss-reactive ketones (excluding diaryl/α,β-unsaturated/α-hetero) is 1. The average Bonchev–Trinajstić information content (AvgIpc) is 2.60. The first-order valence-electron chi connectivity index (χ1n) is 7.09. The molecular weight excluding hydrogens is 319 g/mol. The molecule has 0 aromatic carbocycles. The second kappa shape index (κ2) is 3.28. The summed E-state index contributed by atoms with van der Waals surface area (Å²) in [4.78, 5) is 21.5. The van der Waals surface area contributed by atoms with E-state index in [9.17, 15) is 9.59 Å². The van der Waals surface area contributed by atoms with Gasteiger partial charge in [-0.15, -0.1) is 23.2 Å². The van der Waals surface area contributed by atoms with Crippen LogP contribution in [0.25, 0.3) is 0 Å². The van der Waals surface area contributed by atoms with E-state index in [1.165, 1.54) is 14.2 Å². The van der Waals surface area contributed by atoms with Gasteiger partial charge in [0, 0.05) is 32.0 Å². The number of methoxy groups -OCH3 is 2. The van der Waals surface area contributed by atoms with E-state index in [1.54, 1.807) is 0 Å².